The first-order valence-electron chi connectivity index (χ1n) is 4.55. The highest BCUT2D eigenvalue weighted by molar-refractivity contribution is 5.92. The van der Waals surface area contributed by atoms with Crippen LogP contribution in [-0.4, -0.2) is 22.4 Å². The standard InChI is InChI=1S/C9H12N4O/c10-9(11)7-3-13-8(4-12-7)14-5-6-1-2-6/h3-4,6H,1-2,5H2,(H3,10,11). The molecule has 1 heterocycles. The third-order valence-corrected chi connectivity index (χ3v) is 2.07. The lowest BCUT2D eigenvalue weighted by atomic mass is 10.4. The minimum absolute atomic E-state index is 0.0776. The third kappa shape index (κ3) is 2.18. The number of aromatic nitrogens is 2. The summed E-state index contributed by atoms with van der Waals surface area (Å²) < 4.78 is 5.38. The number of nitrogens with two attached hydrogens (primary N) is 1. The van der Waals surface area contributed by atoms with Crippen molar-refractivity contribution in [3.8, 4) is 5.88 Å². The zero-order valence-corrected chi connectivity index (χ0v) is 7.73. The molecule has 1 aromatic heterocycles. The average molecular weight is 192 g/mol. The monoisotopic (exact) mass is 192 g/mol. The summed E-state index contributed by atoms with van der Waals surface area (Å²) in [5.74, 6) is 1.12. The van der Waals surface area contributed by atoms with Gasteiger partial charge in [0.15, 0.2) is 0 Å². The highest BCUT2D eigenvalue weighted by Crippen LogP contribution is 2.28. The maximum absolute atomic E-state index is 7.12. The van der Waals surface area contributed by atoms with Crippen LogP contribution < -0.4 is 10.5 Å². The van der Waals surface area contributed by atoms with Gasteiger partial charge >= 0.3 is 0 Å². The Hall–Kier alpha value is -1.65. The molecular formula is C9H12N4O. The second kappa shape index (κ2) is 3.61. The van der Waals surface area contributed by atoms with E-state index < -0.39 is 0 Å². The molecule has 1 aromatic rings. The second-order valence-corrected chi connectivity index (χ2v) is 3.41. The number of amidine groups is 1. The Morgan fingerprint density at radius 3 is 2.79 bits per heavy atom. The molecule has 0 bridgehead atoms. The molecule has 5 heteroatoms. The van der Waals surface area contributed by atoms with Gasteiger partial charge < -0.3 is 10.5 Å². The fraction of sp³-hybridized carbons (Fsp3) is 0.444. The van der Waals surface area contributed by atoms with Gasteiger partial charge in [0.05, 0.1) is 19.0 Å². The van der Waals surface area contributed by atoms with Gasteiger partial charge in [0, 0.05) is 0 Å². The number of nitrogen functional groups attached to an aromatic ring is 1. The van der Waals surface area contributed by atoms with Gasteiger partial charge in [-0.3, -0.25) is 5.41 Å². The van der Waals surface area contributed by atoms with Crippen molar-refractivity contribution in [3.05, 3.63) is 18.1 Å². The highest BCUT2D eigenvalue weighted by Gasteiger charge is 2.22. The largest absolute Gasteiger partial charge is 0.476 e. The molecule has 0 saturated heterocycles. The Bertz CT molecular complexity index is 331. The van der Waals surface area contributed by atoms with E-state index in [2.05, 4.69) is 9.97 Å². The summed E-state index contributed by atoms with van der Waals surface area (Å²) in [6, 6.07) is 0. The first-order chi connectivity index (χ1) is 6.75. The van der Waals surface area contributed by atoms with Crippen molar-refractivity contribution in [3.63, 3.8) is 0 Å². The van der Waals surface area contributed by atoms with Crippen molar-refractivity contribution in [1.82, 2.24) is 9.97 Å². The molecule has 0 radical (unpaired) electrons. The summed E-state index contributed by atoms with van der Waals surface area (Å²) in [6.45, 7) is 0.716. The maximum Gasteiger partial charge on any atom is 0.232 e. The van der Waals surface area contributed by atoms with Crippen molar-refractivity contribution in [2.24, 2.45) is 11.7 Å². The van der Waals surface area contributed by atoms with Crippen molar-refractivity contribution in [2.45, 2.75) is 12.8 Å². The van der Waals surface area contributed by atoms with Gasteiger partial charge in [-0.15, -0.1) is 0 Å². The summed E-state index contributed by atoms with van der Waals surface area (Å²) in [4.78, 5) is 7.93. The van der Waals surface area contributed by atoms with Gasteiger partial charge in [-0.1, -0.05) is 0 Å². The smallest absolute Gasteiger partial charge is 0.232 e. The molecule has 0 spiro atoms. The quantitative estimate of drug-likeness (QED) is 0.539. The van der Waals surface area contributed by atoms with Crippen molar-refractivity contribution >= 4 is 5.84 Å². The summed E-state index contributed by atoms with van der Waals surface area (Å²) in [6.07, 6.45) is 5.45. The molecule has 74 valence electrons. The fourth-order valence-corrected chi connectivity index (χ4v) is 1.02. The van der Waals surface area contributed by atoms with Gasteiger partial charge in [0.25, 0.3) is 0 Å². The lowest BCUT2D eigenvalue weighted by Gasteiger charge is -2.03. The topological polar surface area (TPSA) is 84.9 Å². The molecule has 0 aliphatic heterocycles. The molecule has 1 saturated carbocycles. The van der Waals surface area contributed by atoms with Crippen LogP contribution >= 0.6 is 0 Å². The number of ether oxygens (including phenoxy) is 1. The summed E-state index contributed by atoms with van der Waals surface area (Å²) in [5, 5.41) is 7.12. The molecule has 0 amide bonds. The number of hydrogen-bond donors (Lipinski definition) is 2. The number of hydrogen-bond acceptors (Lipinski definition) is 4. The van der Waals surface area contributed by atoms with Crippen molar-refractivity contribution in [2.75, 3.05) is 6.61 Å². The van der Waals surface area contributed by atoms with E-state index in [0.717, 1.165) is 0 Å². The highest BCUT2D eigenvalue weighted by atomic mass is 16.5. The molecule has 1 fully saturated rings. The fourth-order valence-electron chi connectivity index (χ4n) is 1.02. The lowest BCUT2D eigenvalue weighted by molar-refractivity contribution is 0.287. The molecular weight excluding hydrogens is 180 g/mol. The first kappa shape index (κ1) is 8.93. The molecule has 5 nitrogen and oxygen atoms in total. The number of nitrogens with zero attached hydrogens (tertiary/aromatic N) is 2. The summed E-state index contributed by atoms with van der Waals surface area (Å²) in [7, 11) is 0. The SMILES string of the molecule is N=C(N)c1cnc(OCC2CC2)cn1. The molecule has 3 N–H and O–H groups in total. The van der Waals surface area contributed by atoms with Gasteiger partial charge in [-0.2, -0.15) is 0 Å². The van der Waals surface area contributed by atoms with E-state index >= 15 is 0 Å². The zero-order valence-electron chi connectivity index (χ0n) is 7.73. The van der Waals surface area contributed by atoms with Crippen LogP contribution in [0.4, 0.5) is 0 Å². The molecule has 2 rings (SSSR count). The molecule has 1 aliphatic carbocycles. The van der Waals surface area contributed by atoms with Crippen LogP contribution in [0.1, 0.15) is 18.5 Å². The van der Waals surface area contributed by atoms with E-state index in [-0.39, 0.29) is 5.84 Å². The van der Waals surface area contributed by atoms with Gasteiger partial charge in [0.2, 0.25) is 5.88 Å². The first-order valence-corrected chi connectivity index (χ1v) is 4.55. The summed E-state index contributed by atoms with van der Waals surface area (Å²) >= 11 is 0. The Morgan fingerprint density at radius 1 is 1.50 bits per heavy atom. The molecule has 1 aliphatic rings. The van der Waals surface area contributed by atoms with Crippen LogP contribution in [0.3, 0.4) is 0 Å². The number of rotatable bonds is 4. The van der Waals surface area contributed by atoms with Crippen molar-refractivity contribution in [1.29, 1.82) is 5.41 Å². The Kier molecular flexibility index (Phi) is 2.30. The van der Waals surface area contributed by atoms with E-state index in [0.29, 0.717) is 24.1 Å². The Labute approximate surface area is 81.8 Å². The van der Waals surface area contributed by atoms with Crippen LogP contribution in [0, 0.1) is 11.3 Å². The van der Waals surface area contributed by atoms with Crippen LogP contribution in [0.5, 0.6) is 5.88 Å². The van der Waals surface area contributed by atoms with Crippen LogP contribution in [-0.2, 0) is 0 Å². The normalized spacial score (nSPS) is 15.1. The van der Waals surface area contributed by atoms with Crippen LogP contribution in [0.2, 0.25) is 0 Å². The average Bonchev–Trinajstić information content (AvgIpc) is 2.99. The lowest BCUT2D eigenvalue weighted by Crippen LogP contribution is -2.13. The van der Waals surface area contributed by atoms with E-state index in [1.165, 1.54) is 25.2 Å². The van der Waals surface area contributed by atoms with Gasteiger partial charge in [-0.05, 0) is 18.8 Å². The van der Waals surface area contributed by atoms with Crippen LogP contribution in [0.25, 0.3) is 0 Å². The minimum Gasteiger partial charge on any atom is -0.476 e. The summed E-state index contributed by atoms with van der Waals surface area (Å²) in [5.41, 5.74) is 5.61. The predicted octanol–water partition coefficient (Wildman–Crippen LogP) is 0.549. The zero-order chi connectivity index (χ0) is 9.97. The molecule has 0 atom stereocenters. The third-order valence-electron chi connectivity index (χ3n) is 2.07. The van der Waals surface area contributed by atoms with E-state index in [1.54, 1.807) is 0 Å². The van der Waals surface area contributed by atoms with E-state index in [4.69, 9.17) is 15.9 Å². The number of nitrogens with one attached hydrogen (secondary N) is 1. The van der Waals surface area contributed by atoms with Gasteiger partial charge in [-0.25, -0.2) is 9.97 Å². The van der Waals surface area contributed by atoms with Gasteiger partial charge in [0.1, 0.15) is 11.5 Å². The maximum atomic E-state index is 7.12. The molecule has 14 heavy (non-hydrogen) atoms. The Morgan fingerprint density at radius 2 is 2.29 bits per heavy atom. The molecule has 0 aromatic carbocycles. The van der Waals surface area contributed by atoms with Crippen LogP contribution in [0.15, 0.2) is 12.4 Å². The van der Waals surface area contributed by atoms with Crippen molar-refractivity contribution < 1.29 is 4.74 Å². The predicted molar refractivity (Wildman–Crippen MR) is 51.3 cm³/mol. The van der Waals surface area contributed by atoms with E-state index in [9.17, 15) is 0 Å². The molecule has 0 unspecified atom stereocenters. The van der Waals surface area contributed by atoms with E-state index in [1.807, 2.05) is 0 Å². The minimum atomic E-state index is -0.0776. The Balaban J connectivity index is 1.94. The second-order valence-electron chi connectivity index (χ2n) is 3.41.